The molecule has 124 valence electrons. The number of ether oxygens (including phenoxy) is 1. The maximum Gasteiger partial charge on any atom is 0.355 e. The standard InChI is InChI=1S/C16H10ClFO5S/c1-22-13-4-2-3-9-7-14(16(19)23-15(9)13)24(20,21)10-5-6-12(18)11(17)8-10/h2-8H,1H3. The van der Waals surface area contributed by atoms with E-state index in [4.69, 9.17) is 20.8 Å². The first-order valence-corrected chi connectivity index (χ1v) is 8.51. The minimum atomic E-state index is -4.22. The van der Waals surface area contributed by atoms with Crippen molar-refractivity contribution in [1.82, 2.24) is 0 Å². The molecule has 5 nitrogen and oxygen atoms in total. The molecule has 0 aliphatic carbocycles. The summed E-state index contributed by atoms with van der Waals surface area (Å²) in [6.07, 6.45) is 0. The van der Waals surface area contributed by atoms with Crippen LogP contribution >= 0.6 is 11.6 Å². The fourth-order valence-electron chi connectivity index (χ4n) is 2.22. The van der Waals surface area contributed by atoms with Gasteiger partial charge in [0.25, 0.3) is 0 Å². The largest absolute Gasteiger partial charge is 0.493 e. The molecule has 0 spiro atoms. The number of hydrogen-bond acceptors (Lipinski definition) is 5. The number of methoxy groups -OCH3 is 1. The van der Waals surface area contributed by atoms with Crippen LogP contribution in [0.4, 0.5) is 4.39 Å². The maximum absolute atomic E-state index is 13.2. The Balaban J connectivity index is 2.26. The second-order valence-corrected chi connectivity index (χ2v) is 7.18. The lowest BCUT2D eigenvalue weighted by atomic mass is 10.2. The summed E-state index contributed by atoms with van der Waals surface area (Å²) in [4.78, 5) is 11.3. The fraction of sp³-hybridized carbons (Fsp3) is 0.0625. The zero-order valence-electron chi connectivity index (χ0n) is 12.2. The highest BCUT2D eigenvalue weighted by Gasteiger charge is 2.24. The second-order valence-electron chi connectivity index (χ2n) is 4.86. The molecule has 0 bridgehead atoms. The van der Waals surface area contributed by atoms with Crippen LogP contribution in [0.3, 0.4) is 0 Å². The molecule has 0 saturated heterocycles. The van der Waals surface area contributed by atoms with Crippen LogP contribution in [0.25, 0.3) is 11.0 Å². The maximum atomic E-state index is 13.2. The van der Waals surface area contributed by atoms with Gasteiger partial charge in [-0.2, -0.15) is 0 Å². The third-order valence-corrected chi connectivity index (χ3v) is 5.43. The summed E-state index contributed by atoms with van der Waals surface area (Å²) in [5.74, 6) is -0.454. The number of rotatable bonds is 3. The molecule has 0 unspecified atom stereocenters. The van der Waals surface area contributed by atoms with Gasteiger partial charge in [-0.3, -0.25) is 0 Å². The highest BCUT2D eigenvalue weighted by Crippen LogP contribution is 2.28. The Morgan fingerprint density at radius 1 is 1.17 bits per heavy atom. The Hall–Kier alpha value is -2.38. The molecule has 2 aromatic carbocycles. The van der Waals surface area contributed by atoms with Crippen molar-refractivity contribution in [1.29, 1.82) is 0 Å². The van der Waals surface area contributed by atoms with E-state index >= 15 is 0 Å². The number of sulfone groups is 1. The van der Waals surface area contributed by atoms with E-state index in [9.17, 15) is 17.6 Å². The van der Waals surface area contributed by atoms with Crippen LogP contribution in [0.1, 0.15) is 0 Å². The number of halogens is 2. The Labute approximate surface area is 141 Å². The number of hydrogen-bond donors (Lipinski definition) is 0. The van der Waals surface area contributed by atoms with Crippen LogP contribution in [0.2, 0.25) is 5.02 Å². The van der Waals surface area contributed by atoms with Gasteiger partial charge in [-0.05, 0) is 30.3 Å². The molecule has 0 aliphatic heterocycles. The summed E-state index contributed by atoms with van der Waals surface area (Å²) in [5.41, 5.74) is -0.909. The zero-order valence-corrected chi connectivity index (χ0v) is 13.8. The van der Waals surface area contributed by atoms with Gasteiger partial charge in [0, 0.05) is 5.39 Å². The monoisotopic (exact) mass is 368 g/mol. The first-order valence-electron chi connectivity index (χ1n) is 6.65. The first-order chi connectivity index (χ1) is 11.3. The smallest absolute Gasteiger partial charge is 0.355 e. The second kappa shape index (κ2) is 5.92. The van der Waals surface area contributed by atoms with E-state index in [0.29, 0.717) is 11.1 Å². The van der Waals surface area contributed by atoms with Crippen LogP contribution < -0.4 is 10.4 Å². The Bertz CT molecular complexity index is 1110. The van der Waals surface area contributed by atoms with Crippen LogP contribution in [0, 0.1) is 5.82 Å². The summed E-state index contributed by atoms with van der Waals surface area (Å²) < 4.78 is 48.7. The highest BCUT2D eigenvalue weighted by molar-refractivity contribution is 7.91. The molecule has 0 atom stereocenters. The Morgan fingerprint density at radius 2 is 1.92 bits per heavy atom. The van der Waals surface area contributed by atoms with E-state index in [1.54, 1.807) is 18.2 Å². The molecule has 8 heteroatoms. The zero-order chi connectivity index (χ0) is 17.5. The quantitative estimate of drug-likeness (QED) is 0.523. The van der Waals surface area contributed by atoms with Gasteiger partial charge in [-0.25, -0.2) is 17.6 Å². The Kier molecular flexibility index (Phi) is 4.06. The molecule has 3 aromatic rings. The van der Waals surface area contributed by atoms with Crippen molar-refractivity contribution in [2.75, 3.05) is 7.11 Å². The van der Waals surface area contributed by atoms with Crippen LogP contribution in [0.5, 0.6) is 5.75 Å². The van der Waals surface area contributed by atoms with Gasteiger partial charge < -0.3 is 9.15 Å². The van der Waals surface area contributed by atoms with Crippen molar-refractivity contribution in [2.45, 2.75) is 9.79 Å². The summed E-state index contributed by atoms with van der Waals surface area (Å²) >= 11 is 5.62. The van der Waals surface area contributed by atoms with Gasteiger partial charge >= 0.3 is 5.63 Å². The molecule has 0 N–H and O–H groups in total. The lowest BCUT2D eigenvalue weighted by Crippen LogP contribution is -2.14. The van der Waals surface area contributed by atoms with Gasteiger partial charge in [0.15, 0.2) is 16.2 Å². The first kappa shape index (κ1) is 16.5. The molecule has 1 heterocycles. The molecule has 0 fully saturated rings. The molecular formula is C16H10ClFO5S. The summed E-state index contributed by atoms with van der Waals surface area (Å²) in [7, 11) is -2.82. The molecule has 24 heavy (non-hydrogen) atoms. The fourth-order valence-corrected chi connectivity index (χ4v) is 3.78. The van der Waals surface area contributed by atoms with Crippen LogP contribution in [-0.4, -0.2) is 15.5 Å². The SMILES string of the molecule is COc1cccc2cc(S(=O)(=O)c3ccc(F)c(Cl)c3)c(=O)oc12. The normalized spacial score (nSPS) is 11.6. The third kappa shape index (κ3) is 2.65. The minimum Gasteiger partial charge on any atom is -0.493 e. The summed E-state index contributed by atoms with van der Waals surface area (Å²) in [6.45, 7) is 0. The number of para-hydroxylation sites is 1. The van der Waals surface area contributed by atoms with Crippen molar-refractivity contribution < 1.29 is 22.0 Å². The van der Waals surface area contributed by atoms with E-state index in [0.717, 1.165) is 18.2 Å². The molecule has 0 amide bonds. The highest BCUT2D eigenvalue weighted by atomic mass is 35.5. The minimum absolute atomic E-state index is 0.140. The summed E-state index contributed by atoms with van der Waals surface area (Å²) in [6, 6.07) is 8.88. The predicted molar refractivity (Wildman–Crippen MR) is 85.9 cm³/mol. The van der Waals surface area contributed by atoms with Crippen molar-refractivity contribution in [2.24, 2.45) is 0 Å². The molecule has 3 rings (SSSR count). The topological polar surface area (TPSA) is 73.6 Å². The van der Waals surface area contributed by atoms with E-state index < -0.39 is 26.2 Å². The molecule has 0 aliphatic rings. The van der Waals surface area contributed by atoms with Crippen molar-refractivity contribution in [3.8, 4) is 5.75 Å². The Morgan fingerprint density at radius 3 is 2.58 bits per heavy atom. The number of fused-ring (bicyclic) bond motifs is 1. The van der Waals surface area contributed by atoms with E-state index in [2.05, 4.69) is 0 Å². The predicted octanol–water partition coefficient (Wildman–Crippen LogP) is 3.43. The number of benzene rings is 2. The van der Waals surface area contributed by atoms with E-state index in [-0.39, 0.29) is 15.5 Å². The van der Waals surface area contributed by atoms with Crippen LogP contribution in [-0.2, 0) is 9.84 Å². The molecule has 0 saturated carbocycles. The van der Waals surface area contributed by atoms with Gasteiger partial charge in [0.2, 0.25) is 9.84 Å². The molecular weight excluding hydrogens is 359 g/mol. The van der Waals surface area contributed by atoms with Crippen molar-refractivity contribution in [3.05, 3.63) is 63.7 Å². The van der Waals surface area contributed by atoms with Gasteiger partial charge in [0.1, 0.15) is 5.82 Å². The van der Waals surface area contributed by atoms with Gasteiger partial charge in [0.05, 0.1) is 17.0 Å². The third-order valence-electron chi connectivity index (χ3n) is 3.40. The van der Waals surface area contributed by atoms with Crippen molar-refractivity contribution >= 4 is 32.4 Å². The van der Waals surface area contributed by atoms with E-state index in [1.807, 2.05) is 0 Å². The van der Waals surface area contributed by atoms with E-state index in [1.165, 1.54) is 13.2 Å². The molecule has 1 aromatic heterocycles. The average Bonchev–Trinajstić information content (AvgIpc) is 2.56. The lowest BCUT2D eigenvalue weighted by Gasteiger charge is -2.07. The summed E-state index contributed by atoms with van der Waals surface area (Å²) in [5, 5.41) is 0.0173. The van der Waals surface area contributed by atoms with Gasteiger partial charge in [-0.1, -0.05) is 23.7 Å². The van der Waals surface area contributed by atoms with Crippen LogP contribution in [0.15, 0.2) is 61.5 Å². The lowest BCUT2D eigenvalue weighted by molar-refractivity contribution is 0.405. The molecule has 0 radical (unpaired) electrons. The average molecular weight is 369 g/mol. The van der Waals surface area contributed by atoms with Crippen molar-refractivity contribution in [3.63, 3.8) is 0 Å². The van der Waals surface area contributed by atoms with Gasteiger partial charge in [-0.15, -0.1) is 0 Å².